The van der Waals surface area contributed by atoms with Crippen molar-refractivity contribution in [2.45, 2.75) is 27.2 Å². The number of nitrogens with one attached hydrogen (secondary N) is 2. The zero-order valence-corrected chi connectivity index (χ0v) is 15.5. The predicted octanol–water partition coefficient (Wildman–Crippen LogP) is 5.82. The first kappa shape index (κ1) is 19.2. The van der Waals surface area contributed by atoms with Crippen LogP contribution in [0.15, 0.2) is 67.3 Å². The summed E-state index contributed by atoms with van der Waals surface area (Å²) in [7, 11) is 0. The molecule has 0 saturated carbocycles. The maximum atomic E-state index is 12.2. The molecule has 3 rings (SSSR count). The van der Waals surface area contributed by atoms with Crippen LogP contribution in [0, 0.1) is 0 Å². The third-order valence-electron chi connectivity index (χ3n) is 3.95. The molecular formula is C22H25N3O. The fraction of sp³-hybridized carbons (Fsp3) is 0.182. The molecule has 0 fully saturated rings. The van der Waals surface area contributed by atoms with Gasteiger partial charge in [-0.15, -0.1) is 6.58 Å². The van der Waals surface area contributed by atoms with Gasteiger partial charge in [0.15, 0.2) is 0 Å². The van der Waals surface area contributed by atoms with Crippen molar-refractivity contribution in [1.82, 2.24) is 10.2 Å². The highest BCUT2D eigenvalue weighted by atomic mass is 16.1. The second-order valence-corrected chi connectivity index (χ2v) is 5.82. The van der Waals surface area contributed by atoms with E-state index in [0.717, 1.165) is 34.3 Å². The van der Waals surface area contributed by atoms with Crippen molar-refractivity contribution in [1.29, 1.82) is 0 Å². The number of aromatic nitrogens is 2. The van der Waals surface area contributed by atoms with Crippen LogP contribution < -0.4 is 5.32 Å². The van der Waals surface area contributed by atoms with Gasteiger partial charge in [0.2, 0.25) is 0 Å². The van der Waals surface area contributed by atoms with Crippen molar-refractivity contribution in [2.75, 3.05) is 5.32 Å². The van der Waals surface area contributed by atoms with Gasteiger partial charge in [-0.1, -0.05) is 37.3 Å². The minimum absolute atomic E-state index is 0.118. The van der Waals surface area contributed by atoms with E-state index >= 15 is 0 Å². The number of amides is 1. The van der Waals surface area contributed by atoms with Gasteiger partial charge >= 0.3 is 0 Å². The Balaban J connectivity index is 0.000000552. The average molecular weight is 347 g/mol. The number of allylic oxidation sites excluding steroid dienone is 3. The number of H-pyrrole nitrogens is 1. The van der Waals surface area contributed by atoms with Crippen LogP contribution in [0.5, 0.6) is 0 Å². The summed E-state index contributed by atoms with van der Waals surface area (Å²) < 4.78 is 0. The van der Waals surface area contributed by atoms with Gasteiger partial charge < -0.3 is 5.32 Å². The average Bonchev–Trinajstić information content (AvgIpc) is 3.11. The van der Waals surface area contributed by atoms with Gasteiger partial charge in [-0.3, -0.25) is 9.89 Å². The first-order valence-corrected chi connectivity index (χ1v) is 8.69. The highest BCUT2D eigenvalue weighted by Gasteiger charge is 2.10. The normalized spacial score (nSPS) is 10.8. The molecule has 3 aromatic rings. The van der Waals surface area contributed by atoms with Gasteiger partial charge in [-0.25, -0.2) is 0 Å². The Morgan fingerprint density at radius 3 is 2.54 bits per heavy atom. The van der Waals surface area contributed by atoms with Crippen LogP contribution >= 0.6 is 0 Å². The molecule has 134 valence electrons. The van der Waals surface area contributed by atoms with Crippen LogP contribution in [0.1, 0.15) is 43.2 Å². The van der Waals surface area contributed by atoms with Crippen LogP contribution in [-0.2, 0) is 0 Å². The van der Waals surface area contributed by atoms with Crippen LogP contribution in [0.3, 0.4) is 0 Å². The molecule has 1 heterocycles. The third kappa shape index (κ3) is 4.70. The van der Waals surface area contributed by atoms with Gasteiger partial charge in [0.05, 0.1) is 11.2 Å². The Morgan fingerprint density at radius 2 is 1.92 bits per heavy atom. The summed E-state index contributed by atoms with van der Waals surface area (Å²) in [6.45, 7) is 9.54. The molecule has 26 heavy (non-hydrogen) atoms. The Bertz CT molecular complexity index is 908. The van der Waals surface area contributed by atoms with Gasteiger partial charge in [0.1, 0.15) is 0 Å². The predicted molar refractivity (Wildman–Crippen MR) is 110 cm³/mol. The SMILES string of the molecule is C/C=C(\C)c1n[nH]c2ccc(NC(=O)c3ccccc3)cc12.C=CCC. The summed E-state index contributed by atoms with van der Waals surface area (Å²) in [5.41, 5.74) is 4.35. The number of carbonyl (C=O) groups excluding carboxylic acids is 1. The summed E-state index contributed by atoms with van der Waals surface area (Å²) in [6, 6.07) is 14.9. The van der Waals surface area contributed by atoms with Gasteiger partial charge in [0, 0.05) is 16.6 Å². The molecule has 4 heteroatoms. The lowest BCUT2D eigenvalue weighted by atomic mass is 10.1. The minimum atomic E-state index is -0.118. The fourth-order valence-corrected chi connectivity index (χ4v) is 2.32. The van der Waals surface area contributed by atoms with E-state index in [1.165, 1.54) is 0 Å². The van der Waals surface area contributed by atoms with Gasteiger partial charge in [-0.05, 0) is 56.2 Å². The van der Waals surface area contributed by atoms with Crippen molar-refractivity contribution in [3.05, 3.63) is 78.5 Å². The largest absolute Gasteiger partial charge is 0.322 e. The van der Waals surface area contributed by atoms with Crippen LogP contribution in [0.2, 0.25) is 0 Å². The molecule has 0 aliphatic heterocycles. The molecule has 2 aromatic carbocycles. The molecule has 0 saturated heterocycles. The highest BCUT2D eigenvalue weighted by Crippen LogP contribution is 2.25. The Morgan fingerprint density at radius 1 is 1.23 bits per heavy atom. The number of hydrogen-bond acceptors (Lipinski definition) is 2. The first-order chi connectivity index (χ1) is 12.6. The first-order valence-electron chi connectivity index (χ1n) is 8.69. The number of aromatic amines is 1. The summed E-state index contributed by atoms with van der Waals surface area (Å²) in [4.78, 5) is 12.2. The zero-order chi connectivity index (χ0) is 18.9. The van der Waals surface area contributed by atoms with Crippen LogP contribution in [-0.4, -0.2) is 16.1 Å². The lowest BCUT2D eigenvalue weighted by Crippen LogP contribution is -2.11. The number of nitrogens with zero attached hydrogens (tertiary/aromatic N) is 1. The van der Waals surface area contributed by atoms with E-state index in [9.17, 15) is 4.79 Å². The molecule has 2 N–H and O–H groups in total. The Labute approximate surface area is 154 Å². The zero-order valence-electron chi connectivity index (χ0n) is 15.5. The van der Waals surface area contributed by atoms with E-state index in [4.69, 9.17) is 0 Å². The molecule has 0 bridgehead atoms. The van der Waals surface area contributed by atoms with Crippen molar-refractivity contribution >= 4 is 28.1 Å². The topological polar surface area (TPSA) is 57.8 Å². The van der Waals surface area contributed by atoms with Crippen molar-refractivity contribution in [3.63, 3.8) is 0 Å². The second kappa shape index (κ2) is 9.37. The van der Waals surface area contributed by atoms with Crippen molar-refractivity contribution in [3.8, 4) is 0 Å². The van der Waals surface area contributed by atoms with Gasteiger partial charge in [-0.2, -0.15) is 5.10 Å². The maximum Gasteiger partial charge on any atom is 0.255 e. The van der Waals surface area contributed by atoms with E-state index in [-0.39, 0.29) is 5.91 Å². The lowest BCUT2D eigenvalue weighted by molar-refractivity contribution is 0.102. The quantitative estimate of drug-likeness (QED) is 0.584. The number of carbonyl (C=O) groups is 1. The monoisotopic (exact) mass is 347 g/mol. The molecule has 1 aromatic heterocycles. The minimum Gasteiger partial charge on any atom is -0.322 e. The van der Waals surface area contributed by atoms with Crippen LogP contribution in [0.25, 0.3) is 16.5 Å². The number of fused-ring (bicyclic) bond motifs is 1. The number of benzene rings is 2. The number of anilines is 1. The molecule has 0 unspecified atom stereocenters. The standard InChI is InChI=1S/C18H17N3O.C4H8/c1-3-12(2)17-15-11-14(9-10-16(15)20-21-17)19-18(22)13-7-5-4-6-8-13;1-3-4-2/h3-11H,1-2H3,(H,19,22)(H,20,21);3H,1,4H2,2H3/b12-3+;. The number of hydrogen-bond donors (Lipinski definition) is 2. The Kier molecular flexibility index (Phi) is 6.92. The summed E-state index contributed by atoms with van der Waals surface area (Å²) in [6.07, 6.45) is 4.98. The van der Waals surface area contributed by atoms with E-state index in [0.29, 0.717) is 5.56 Å². The molecule has 0 atom stereocenters. The third-order valence-corrected chi connectivity index (χ3v) is 3.95. The molecule has 1 amide bonds. The van der Waals surface area contributed by atoms with E-state index < -0.39 is 0 Å². The summed E-state index contributed by atoms with van der Waals surface area (Å²) in [5.74, 6) is -0.118. The summed E-state index contributed by atoms with van der Waals surface area (Å²) >= 11 is 0. The van der Waals surface area contributed by atoms with Crippen molar-refractivity contribution in [2.24, 2.45) is 0 Å². The lowest BCUT2D eigenvalue weighted by Gasteiger charge is -2.06. The van der Waals surface area contributed by atoms with E-state index in [1.807, 2.05) is 62.4 Å². The molecule has 0 radical (unpaired) electrons. The van der Waals surface area contributed by atoms with Crippen LogP contribution in [0.4, 0.5) is 5.69 Å². The molecule has 0 aliphatic rings. The van der Waals surface area contributed by atoms with Gasteiger partial charge in [0.25, 0.3) is 5.91 Å². The highest BCUT2D eigenvalue weighted by molar-refractivity contribution is 6.05. The van der Waals surface area contributed by atoms with E-state index in [2.05, 4.69) is 29.0 Å². The Hall–Kier alpha value is -3.14. The molecule has 0 aliphatic carbocycles. The van der Waals surface area contributed by atoms with Crippen molar-refractivity contribution < 1.29 is 4.79 Å². The molecule has 0 spiro atoms. The smallest absolute Gasteiger partial charge is 0.255 e. The summed E-state index contributed by atoms with van der Waals surface area (Å²) in [5, 5.41) is 11.3. The second-order valence-electron chi connectivity index (χ2n) is 5.82. The number of rotatable bonds is 4. The fourth-order valence-electron chi connectivity index (χ4n) is 2.32. The molecule has 4 nitrogen and oxygen atoms in total. The van der Waals surface area contributed by atoms with E-state index in [1.54, 1.807) is 12.1 Å². The maximum absolute atomic E-state index is 12.2. The molecular weight excluding hydrogens is 322 g/mol.